The lowest BCUT2D eigenvalue weighted by molar-refractivity contribution is -0.351. The van der Waals surface area contributed by atoms with Gasteiger partial charge in [-0.05, 0) is 26.3 Å². The van der Waals surface area contributed by atoms with Crippen LogP contribution in [0.25, 0.3) is 0 Å². The van der Waals surface area contributed by atoms with E-state index in [2.05, 4.69) is 0 Å². The molecule has 0 saturated heterocycles. The highest BCUT2D eigenvalue weighted by molar-refractivity contribution is 5.20. The maximum Gasteiger partial charge on any atom is 0.123 e. The van der Waals surface area contributed by atoms with E-state index in [-0.39, 0.29) is 0 Å². The molecule has 0 atom stereocenters. The number of allylic oxidation sites excluding steroid dienone is 1. The van der Waals surface area contributed by atoms with Crippen molar-refractivity contribution in [3.63, 3.8) is 0 Å². The van der Waals surface area contributed by atoms with Crippen molar-refractivity contribution >= 4 is 0 Å². The van der Waals surface area contributed by atoms with Gasteiger partial charge in [0.2, 0.25) is 0 Å². The molecule has 0 aliphatic rings. The number of hydrogen-bond acceptors (Lipinski definition) is 2. The molecule has 0 aromatic heterocycles. The highest BCUT2D eigenvalue weighted by Gasteiger charge is 2.21. The second-order valence-electron chi connectivity index (χ2n) is 3.81. The Kier molecular flexibility index (Phi) is 4.53. The summed E-state index contributed by atoms with van der Waals surface area (Å²) < 4.78 is 0. The molecule has 0 aliphatic carbocycles. The van der Waals surface area contributed by atoms with E-state index in [1.807, 2.05) is 63.3 Å². The normalized spacial score (nSPS) is 12.2. The van der Waals surface area contributed by atoms with Gasteiger partial charge in [0.25, 0.3) is 0 Å². The molecule has 0 saturated carbocycles. The average Bonchev–Trinajstić information content (AvgIpc) is 2.26. The summed E-state index contributed by atoms with van der Waals surface area (Å²) in [6.07, 6.45) is 3.83. The zero-order valence-electron chi connectivity index (χ0n) is 9.57. The van der Waals surface area contributed by atoms with Gasteiger partial charge in [0.15, 0.2) is 0 Å². The summed E-state index contributed by atoms with van der Waals surface area (Å²) in [6.45, 7) is 6.40. The molecule has 0 amide bonds. The molecule has 15 heavy (non-hydrogen) atoms. The molecule has 0 heterocycles. The maximum absolute atomic E-state index is 5.37. The van der Waals surface area contributed by atoms with E-state index < -0.39 is 5.60 Å². The highest BCUT2D eigenvalue weighted by atomic mass is 17.2. The molecule has 0 N–H and O–H groups in total. The largest absolute Gasteiger partial charge is 0.232 e. The van der Waals surface area contributed by atoms with Crippen LogP contribution in [0.5, 0.6) is 0 Å². The van der Waals surface area contributed by atoms with Gasteiger partial charge in [0, 0.05) is 0 Å². The fourth-order valence-corrected chi connectivity index (χ4v) is 1.20. The van der Waals surface area contributed by atoms with Crippen LogP contribution in [0, 0.1) is 0 Å². The van der Waals surface area contributed by atoms with Crippen molar-refractivity contribution in [1.82, 2.24) is 0 Å². The Bertz CT molecular complexity index is 302. The van der Waals surface area contributed by atoms with Gasteiger partial charge in [-0.25, -0.2) is 9.78 Å². The van der Waals surface area contributed by atoms with Crippen LogP contribution in [-0.4, -0.2) is 6.61 Å². The van der Waals surface area contributed by atoms with Crippen LogP contribution in [0.2, 0.25) is 0 Å². The average molecular weight is 206 g/mol. The van der Waals surface area contributed by atoms with Crippen molar-refractivity contribution in [3.8, 4) is 0 Å². The Morgan fingerprint density at radius 1 is 1.20 bits per heavy atom. The Labute approximate surface area is 91.5 Å². The fraction of sp³-hybridized carbons (Fsp3) is 0.385. The summed E-state index contributed by atoms with van der Waals surface area (Å²) in [7, 11) is 0. The molecule has 1 aromatic rings. The van der Waals surface area contributed by atoms with Gasteiger partial charge >= 0.3 is 0 Å². The first-order chi connectivity index (χ1) is 7.17. The molecule has 0 fully saturated rings. The Hall–Kier alpha value is -1.12. The fourth-order valence-electron chi connectivity index (χ4n) is 1.20. The van der Waals surface area contributed by atoms with Gasteiger partial charge in [-0.2, -0.15) is 0 Å². The van der Waals surface area contributed by atoms with Gasteiger partial charge in [-0.3, -0.25) is 0 Å². The number of hydrogen-bond donors (Lipinski definition) is 0. The number of rotatable bonds is 5. The van der Waals surface area contributed by atoms with E-state index >= 15 is 0 Å². The molecule has 0 radical (unpaired) electrons. The lowest BCUT2D eigenvalue weighted by Crippen LogP contribution is -2.21. The van der Waals surface area contributed by atoms with Crippen molar-refractivity contribution in [3.05, 3.63) is 48.0 Å². The van der Waals surface area contributed by atoms with Crippen LogP contribution < -0.4 is 0 Å². The Morgan fingerprint density at radius 3 is 2.47 bits per heavy atom. The van der Waals surface area contributed by atoms with Crippen LogP contribution in [0.3, 0.4) is 0 Å². The van der Waals surface area contributed by atoms with E-state index in [1.54, 1.807) is 0 Å². The van der Waals surface area contributed by atoms with Crippen LogP contribution >= 0.6 is 0 Å². The predicted octanol–water partition coefficient (Wildman–Crippen LogP) is 3.45. The van der Waals surface area contributed by atoms with E-state index in [0.717, 1.165) is 5.56 Å². The standard InChI is InChI=1S/C13H18O2/c1-4-5-11-14-15-13(2,3)12-9-7-6-8-10-12/h4-10H,11H2,1-3H3/b5-4+. The summed E-state index contributed by atoms with van der Waals surface area (Å²) >= 11 is 0. The molecular formula is C13H18O2. The molecule has 0 bridgehead atoms. The molecule has 1 aromatic carbocycles. The first-order valence-electron chi connectivity index (χ1n) is 5.14. The van der Waals surface area contributed by atoms with Crippen LogP contribution in [0.1, 0.15) is 26.3 Å². The Balaban J connectivity index is 2.52. The Morgan fingerprint density at radius 2 is 1.87 bits per heavy atom. The first-order valence-corrected chi connectivity index (χ1v) is 5.14. The van der Waals surface area contributed by atoms with Gasteiger partial charge in [-0.1, -0.05) is 42.5 Å². The van der Waals surface area contributed by atoms with E-state index in [1.165, 1.54) is 0 Å². The highest BCUT2D eigenvalue weighted by Crippen LogP contribution is 2.24. The third-order valence-corrected chi connectivity index (χ3v) is 2.14. The van der Waals surface area contributed by atoms with Crippen molar-refractivity contribution in [2.75, 3.05) is 6.61 Å². The zero-order valence-corrected chi connectivity index (χ0v) is 9.57. The van der Waals surface area contributed by atoms with Gasteiger partial charge in [-0.15, -0.1) is 0 Å². The van der Waals surface area contributed by atoms with E-state index in [9.17, 15) is 0 Å². The van der Waals surface area contributed by atoms with Crippen LogP contribution in [0.15, 0.2) is 42.5 Å². The second kappa shape index (κ2) is 5.69. The summed E-state index contributed by atoms with van der Waals surface area (Å²) in [6, 6.07) is 10.0. The molecule has 0 unspecified atom stereocenters. The quantitative estimate of drug-likeness (QED) is 0.318. The smallest absolute Gasteiger partial charge is 0.123 e. The SMILES string of the molecule is C/C=C/COOC(C)(C)c1ccccc1. The summed E-state index contributed by atoms with van der Waals surface area (Å²) in [5.74, 6) is 0. The molecule has 2 heteroatoms. The minimum atomic E-state index is -0.414. The third-order valence-electron chi connectivity index (χ3n) is 2.14. The number of benzene rings is 1. The summed E-state index contributed by atoms with van der Waals surface area (Å²) in [4.78, 5) is 10.5. The van der Waals surface area contributed by atoms with Crippen molar-refractivity contribution in [2.24, 2.45) is 0 Å². The van der Waals surface area contributed by atoms with Gasteiger partial charge in [0.1, 0.15) is 12.2 Å². The maximum atomic E-state index is 5.37. The predicted molar refractivity (Wildman–Crippen MR) is 61.3 cm³/mol. The van der Waals surface area contributed by atoms with Crippen LogP contribution in [0.4, 0.5) is 0 Å². The second-order valence-corrected chi connectivity index (χ2v) is 3.81. The third kappa shape index (κ3) is 3.86. The molecule has 2 nitrogen and oxygen atoms in total. The summed E-state index contributed by atoms with van der Waals surface area (Å²) in [5.41, 5.74) is 0.688. The monoisotopic (exact) mass is 206 g/mol. The van der Waals surface area contributed by atoms with E-state index in [0.29, 0.717) is 6.61 Å². The van der Waals surface area contributed by atoms with Gasteiger partial charge in [0.05, 0.1) is 0 Å². The lowest BCUT2D eigenvalue weighted by Gasteiger charge is -2.23. The van der Waals surface area contributed by atoms with Crippen molar-refractivity contribution < 1.29 is 9.78 Å². The van der Waals surface area contributed by atoms with Gasteiger partial charge < -0.3 is 0 Å². The van der Waals surface area contributed by atoms with E-state index in [4.69, 9.17) is 9.78 Å². The molecular weight excluding hydrogens is 188 g/mol. The topological polar surface area (TPSA) is 18.5 Å². The molecule has 0 spiro atoms. The minimum absolute atomic E-state index is 0.414. The lowest BCUT2D eigenvalue weighted by atomic mass is 9.99. The zero-order chi connectivity index (χ0) is 11.1. The molecule has 0 aliphatic heterocycles. The van der Waals surface area contributed by atoms with Crippen LogP contribution in [-0.2, 0) is 15.4 Å². The molecule has 1 rings (SSSR count). The first kappa shape index (κ1) is 12.0. The molecule has 82 valence electrons. The minimum Gasteiger partial charge on any atom is -0.232 e. The van der Waals surface area contributed by atoms with Crippen molar-refractivity contribution in [1.29, 1.82) is 0 Å². The summed E-state index contributed by atoms with van der Waals surface area (Å²) in [5, 5.41) is 0. The van der Waals surface area contributed by atoms with Crippen molar-refractivity contribution in [2.45, 2.75) is 26.4 Å².